The van der Waals surface area contributed by atoms with Gasteiger partial charge in [0.05, 0.1) is 0 Å². The Morgan fingerprint density at radius 2 is 1.87 bits per heavy atom. The van der Waals surface area contributed by atoms with E-state index in [4.69, 9.17) is 0 Å². The van der Waals surface area contributed by atoms with Crippen molar-refractivity contribution in [2.45, 2.75) is 12.8 Å². The molecular formula is C13H12OS. The molecule has 0 spiro atoms. The SMILES string of the molecule is O=CCCc1ccc(-c2ccccc2)s1. The van der Waals surface area contributed by atoms with E-state index in [1.807, 2.05) is 18.2 Å². The molecule has 2 heteroatoms. The number of thiophene rings is 1. The van der Waals surface area contributed by atoms with E-state index in [-0.39, 0.29) is 0 Å². The first-order valence-corrected chi connectivity index (χ1v) is 5.79. The molecule has 2 rings (SSSR count). The molecule has 0 aliphatic rings. The fourth-order valence-electron chi connectivity index (χ4n) is 1.47. The van der Waals surface area contributed by atoms with Gasteiger partial charge in [-0.1, -0.05) is 30.3 Å². The van der Waals surface area contributed by atoms with Gasteiger partial charge in [0.1, 0.15) is 6.29 Å². The number of carbonyl (C=O) groups is 1. The maximum Gasteiger partial charge on any atom is 0.120 e. The molecule has 0 saturated heterocycles. The molecule has 0 amide bonds. The lowest BCUT2D eigenvalue weighted by atomic mass is 10.2. The molecular weight excluding hydrogens is 204 g/mol. The minimum Gasteiger partial charge on any atom is -0.303 e. The van der Waals surface area contributed by atoms with Crippen LogP contribution in [0.2, 0.25) is 0 Å². The monoisotopic (exact) mass is 216 g/mol. The molecule has 1 aromatic carbocycles. The van der Waals surface area contributed by atoms with Crippen molar-refractivity contribution >= 4 is 17.6 Å². The smallest absolute Gasteiger partial charge is 0.120 e. The first kappa shape index (κ1) is 10.1. The van der Waals surface area contributed by atoms with Crippen molar-refractivity contribution in [1.82, 2.24) is 0 Å². The van der Waals surface area contributed by atoms with Gasteiger partial charge in [-0.25, -0.2) is 0 Å². The van der Waals surface area contributed by atoms with Gasteiger partial charge < -0.3 is 4.79 Å². The van der Waals surface area contributed by atoms with Crippen LogP contribution in [0.25, 0.3) is 10.4 Å². The molecule has 1 aromatic heterocycles. The zero-order chi connectivity index (χ0) is 10.5. The molecule has 1 heterocycles. The lowest BCUT2D eigenvalue weighted by Crippen LogP contribution is -1.79. The van der Waals surface area contributed by atoms with Gasteiger partial charge in [-0.2, -0.15) is 0 Å². The Balaban J connectivity index is 2.17. The summed E-state index contributed by atoms with van der Waals surface area (Å²) in [4.78, 5) is 12.8. The van der Waals surface area contributed by atoms with Gasteiger partial charge in [-0.05, 0) is 24.1 Å². The Labute approximate surface area is 93.4 Å². The summed E-state index contributed by atoms with van der Waals surface area (Å²) in [6.45, 7) is 0. The van der Waals surface area contributed by atoms with Gasteiger partial charge >= 0.3 is 0 Å². The van der Waals surface area contributed by atoms with Crippen LogP contribution in [-0.4, -0.2) is 6.29 Å². The van der Waals surface area contributed by atoms with Gasteiger partial charge in [0.2, 0.25) is 0 Å². The number of aldehydes is 1. The topological polar surface area (TPSA) is 17.1 Å². The second kappa shape index (κ2) is 4.89. The van der Waals surface area contributed by atoms with E-state index < -0.39 is 0 Å². The number of hydrogen-bond donors (Lipinski definition) is 0. The van der Waals surface area contributed by atoms with E-state index in [1.165, 1.54) is 15.3 Å². The third kappa shape index (κ3) is 2.54. The number of hydrogen-bond acceptors (Lipinski definition) is 2. The van der Waals surface area contributed by atoms with E-state index in [2.05, 4.69) is 24.3 Å². The number of rotatable bonds is 4. The molecule has 0 radical (unpaired) electrons. The quantitative estimate of drug-likeness (QED) is 0.714. The fraction of sp³-hybridized carbons (Fsp3) is 0.154. The van der Waals surface area contributed by atoms with Crippen molar-refractivity contribution in [1.29, 1.82) is 0 Å². The Hall–Kier alpha value is -1.41. The molecule has 76 valence electrons. The standard InChI is InChI=1S/C13H12OS/c14-10-4-7-12-8-9-13(15-12)11-5-2-1-3-6-11/h1-3,5-6,8-10H,4,7H2. The molecule has 2 aromatic rings. The highest BCUT2D eigenvalue weighted by molar-refractivity contribution is 7.15. The van der Waals surface area contributed by atoms with Crippen LogP contribution >= 0.6 is 11.3 Å². The van der Waals surface area contributed by atoms with Gasteiger partial charge in [0.25, 0.3) is 0 Å². The summed E-state index contributed by atoms with van der Waals surface area (Å²) >= 11 is 1.77. The second-order valence-corrected chi connectivity index (χ2v) is 4.51. The molecule has 1 nitrogen and oxygen atoms in total. The highest BCUT2D eigenvalue weighted by atomic mass is 32.1. The van der Waals surface area contributed by atoms with Crippen LogP contribution in [0.5, 0.6) is 0 Å². The Bertz CT molecular complexity index is 431. The molecule has 0 N–H and O–H groups in total. The van der Waals surface area contributed by atoms with Crippen LogP contribution in [-0.2, 0) is 11.2 Å². The zero-order valence-electron chi connectivity index (χ0n) is 8.35. The molecule has 0 saturated carbocycles. The summed E-state index contributed by atoms with van der Waals surface area (Å²) in [7, 11) is 0. The lowest BCUT2D eigenvalue weighted by molar-refractivity contribution is -0.107. The van der Waals surface area contributed by atoms with Crippen molar-refractivity contribution in [2.75, 3.05) is 0 Å². The minimum absolute atomic E-state index is 0.620. The van der Waals surface area contributed by atoms with Crippen LogP contribution in [0.3, 0.4) is 0 Å². The molecule has 0 aliphatic carbocycles. The summed E-state index contributed by atoms with van der Waals surface area (Å²) in [5.74, 6) is 0. The van der Waals surface area contributed by atoms with Crippen molar-refractivity contribution in [3.63, 3.8) is 0 Å². The van der Waals surface area contributed by atoms with E-state index >= 15 is 0 Å². The summed E-state index contributed by atoms with van der Waals surface area (Å²) < 4.78 is 0. The van der Waals surface area contributed by atoms with Crippen molar-refractivity contribution in [3.8, 4) is 10.4 Å². The predicted molar refractivity (Wildman–Crippen MR) is 64.1 cm³/mol. The largest absolute Gasteiger partial charge is 0.303 e. The van der Waals surface area contributed by atoms with Crippen LogP contribution < -0.4 is 0 Å². The van der Waals surface area contributed by atoms with Gasteiger partial charge in [-0.15, -0.1) is 11.3 Å². The molecule has 0 fully saturated rings. The highest BCUT2D eigenvalue weighted by Gasteiger charge is 2.01. The molecule has 0 aliphatic heterocycles. The third-order valence-electron chi connectivity index (χ3n) is 2.23. The van der Waals surface area contributed by atoms with Crippen molar-refractivity contribution in [2.24, 2.45) is 0 Å². The van der Waals surface area contributed by atoms with Crippen LogP contribution in [0.4, 0.5) is 0 Å². The average Bonchev–Trinajstić information content (AvgIpc) is 2.76. The van der Waals surface area contributed by atoms with Crippen LogP contribution in [0.15, 0.2) is 42.5 Å². The predicted octanol–water partition coefficient (Wildman–Crippen LogP) is 3.55. The second-order valence-electron chi connectivity index (χ2n) is 3.34. The maximum atomic E-state index is 10.3. The van der Waals surface area contributed by atoms with Gasteiger partial charge in [0, 0.05) is 16.2 Å². The highest BCUT2D eigenvalue weighted by Crippen LogP contribution is 2.28. The number of benzene rings is 1. The van der Waals surface area contributed by atoms with Crippen LogP contribution in [0, 0.1) is 0 Å². The average molecular weight is 216 g/mol. The first-order chi connectivity index (χ1) is 7.40. The Morgan fingerprint density at radius 1 is 1.07 bits per heavy atom. The van der Waals surface area contributed by atoms with E-state index in [0.29, 0.717) is 6.42 Å². The zero-order valence-corrected chi connectivity index (χ0v) is 9.17. The third-order valence-corrected chi connectivity index (χ3v) is 3.42. The Morgan fingerprint density at radius 3 is 2.60 bits per heavy atom. The van der Waals surface area contributed by atoms with Gasteiger partial charge in [-0.3, -0.25) is 0 Å². The molecule has 0 bridgehead atoms. The fourth-order valence-corrected chi connectivity index (χ4v) is 2.50. The summed E-state index contributed by atoms with van der Waals surface area (Å²) in [6, 6.07) is 14.5. The van der Waals surface area contributed by atoms with Crippen molar-refractivity contribution < 1.29 is 4.79 Å². The number of aryl methyl sites for hydroxylation is 1. The summed E-state index contributed by atoms with van der Waals surface area (Å²) in [6.07, 6.45) is 2.46. The van der Waals surface area contributed by atoms with E-state index in [0.717, 1.165) is 12.7 Å². The summed E-state index contributed by atoms with van der Waals surface area (Å²) in [5.41, 5.74) is 1.25. The van der Waals surface area contributed by atoms with E-state index in [9.17, 15) is 4.79 Å². The number of carbonyl (C=O) groups excluding carboxylic acids is 1. The normalized spacial score (nSPS) is 10.1. The van der Waals surface area contributed by atoms with Crippen molar-refractivity contribution in [3.05, 3.63) is 47.3 Å². The molecule has 15 heavy (non-hydrogen) atoms. The Kier molecular flexibility index (Phi) is 3.30. The van der Waals surface area contributed by atoms with Crippen LogP contribution in [0.1, 0.15) is 11.3 Å². The molecule has 0 atom stereocenters. The molecule has 0 unspecified atom stereocenters. The summed E-state index contributed by atoms with van der Waals surface area (Å²) in [5, 5.41) is 0. The van der Waals surface area contributed by atoms with E-state index in [1.54, 1.807) is 11.3 Å². The minimum atomic E-state index is 0.620. The lowest BCUT2D eigenvalue weighted by Gasteiger charge is -1.94. The van der Waals surface area contributed by atoms with Gasteiger partial charge in [0.15, 0.2) is 0 Å². The first-order valence-electron chi connectivity index (χ1n) is 4.98. The maximum absolute atomic E-state index is 10.3.